The Hall–Kier alpha value is -2.70. The van der Waals surface area contributed by atoms with Gasteiger partial charge in [0.1, 0.15) is 5.69 Å². The van der Waals surface area contributed by atoms with Crippen molar-refractivity contribution in [2.24, 2.45) is 0 Å². The summed E-state index contributed by atoms with van der Waals surface area (Å²) in [6.07, 6.45) is 0. The zero-order valence-corrected chi connectivity index (χ0v) is 12.0. The van der Waals surface area contributed by atoms with Crippen molar-refractivity contribution in [3.63, 3.8) is 0 Å². The maximum absolute atomic E-state index is 11.7. The molecule has 0 saturated heterocycles. The molecule has 0 atom stereocenters. The zero-order valence-electron chi connectivity index (χ0n) is 12.0. The number of nitro benzene ring substituents is 1. The fraction of sp³-hybridized carbons (Fsp3) is 0.286. The first-order valence-corrected chi connectivity index (χ1v) is 6.43. The molecule has 0 aliphatic heterocycles. The molecule has 0 aliphatic carbocycles. The Labute approximate surface area is 121 Å². The number of carbonyl (C=O) groups excluding carboxylic acids is 1. The van der Waals surface area contributed by atoms with Crippen LogP contribution in [0.2, 0.25) is 0 Å². The first-order chi connectivity index (χ1) is 9.93. The van der Waals surface area contributed by atoms with Crippen molar-refractivity contribution in [3.05, 3.63) is 51.3 Å². The molecule has 0 aliphatic rings. The minimum atomic E-state index is -0.583. The van der Waals surface area contributed by atoms with Crippen LogP contribution in [0.5, 0.6) is 0 Å². The lowest BCUT2D eigenvalue weighted by atomic mass is 10.1. The maximum atomic E-state index is 11.7. The number of rotatable bonds is 4. The van der Waals surface area contributed by atoms with E-state index >= 15 is 0 Å². The molecular formula is C14H15N3O4. The molecule has 7 nitrogen and oxygen atoms in total. The van der Waals surface area contributed by atoms with Gasteiger partial charge in [0.25, 0.3) is 5.69 Å². The number of hydrogen-bond donors (Lipinski definition) is 0. The largest absolute Gasteiger partial charge is 0.462 e. The molecule has 0 unspecified atom stereocenters. The lowest BCUT2D eigenvalue weighted by Crippen LogP contribution is -2.08. The van der Waals surface area contributed by atoms with Crippen molar-refractivity contribution >= 4 is 11.7 Å². The van der Waals surface area contributed by atoms with Gasteiger partial charge in [-0.2, -0.15) is 5.10 Å². The number of nitro groups is 1. The summed E-state index contributed by atoms with van der Waals surface area (Å²) in [5.74, 6) is -0.583. The number of aromatic nitrogens is 2. The van der Waals surface area contributed by atoms with E-state index in [4.69, 9.17) is 4.74 Å². The van der Waals surface area contributed by atoms with E-state index < -0.39 is 10.9 Å². The van der Waals surface area contributed by atoms with Crippen LogP contribution in [0.15, 0.2) is 24.3 Å². The van der Waals surface area contributed by atoms with Crippen molar-refractivity contribution in [1.29, 1.82) is 0 Å². The summed E-state index contributed by atoms with van der Waals surface area (Å²) in [5, 5.41) is 15.5. The van der Waals surface area contributed by atoms with Crippen LogP contribution in [-0.4, -0.2) is 27.3 Å². The fourth-order valence-corrected chi connectivity index (χ4v) is 2.06. The highest BCUT2D eigenvalue weighted by Gasteiger charge is 2.21. The van der Waals surface area contributed by atoms with E-state index in [0.29, 0.717) is 5.69 Å². The molecule has 1 heterocycles. The van der Waals surface area contributed by atoms with Crippen LogP contribution in [0.1, 0.15) is 28.7 Å². The Morgan fingerprint density at radius 1 is 1.38 bits per heavy atom. The number of nitrogens with zero attached hydrogens (tertiary/aromatic N) is 3. The highest BCUT2D eigenvalue weighted by molar-refractivity contribution is 5.90. The Morgan fingerprint density at radius 2 is 2.10 bits per heavy atom. The minimum Gasteiger partial charge on any atom is -0.462 e. The Kier molecular flexibility index (Phi) is 4.02. The summed E-state index contributed by atoms with van der Waals surface area (Å²) >= 11 is 0. The van der Waals surface area contributed by atoms with E-state index in [1.54, 1.807) is 6.92 Å². The van der Waals surface area contributed by atoms with Gasteiger partial charge in [-0.25, -0.2) is 9.48 Å². The van der Waals surface area contributed by atoms with Gasteiger partial charge in [-0.1, -0.05) is 0 Å². The SMILES string of the molecule is CCOC(=O)c1ccc(-n2nc(C)cc2C)c([N+](=O)[O-])c1. The van der Waals surface area contributed by atoms with Gasteiger partial charge in [-0.15, -0.1) is 0 Å². The van der Waals surface area contributed by atoms with Gasteiger partial charge in [0.15, 0.2) is 0 Å². The summed E-state index contributed by atoms with van der Waals surface area (Å²) in [5.41, 5.74) is 1.81. The summed E-state index contributed by atoms with van der Waals surface area (Å²) in [4.78, 5) is 22.4. The van der Waals surface area contributed by atoms with Gasteiger partial charge in [0.05, 0.1) is 22.8 Å². The van der Waals surface area contributed by atoms with Gasteiger partial charge in [0.2, 0.25) is 0 Å². The van der Waals surface area contributed by atoms with Crippen LogP contribution >= 0.6 is 0 Å². The molecule has 2 rings (SSSR count). The third-order valence-corrected chi connectivity index (χ3v) is 2.92. The fourth-order valence-electron chi connectivity index (χ4n) is 2.06. The highest BCUT2D eigenvalue weighted by Crippen LogP contribution is 2.25. The summed E-state index contributed by atoms with van der Waals surface area (Å²) < 4.78 is 6.34. The Balaban J connectivity index is 2.55. The second-order valence-electron chi connectivity index (χ2n) is 4.52. The van der Waals surface area contributed by atoms with Crippen molar-refractivity contribution in [2.75, 3.05) is 6.61 Å². The summed E-state index contributed by atoms with van der Waals surface area (Å²) in [6, 6.07) is 6.04. The summed E-state index contributed by atoms with van der Waals surface area (Å²) in [7, 11) is 0. The molecule has 2 aromatic rings. The number of esters is 1. The molecule has 0 saturated carbocycles. The minimum absolute atomic E-state index is 0.147. The average Bonchev–Trinajstić information content (AvgIpc) is 2.77. The number of aryl methyl sites for hydroxylation is 2. The first kappa shape index (κ1) is 14.7. The number of carbonyl (C=O) groups is 1. The zero-order chi connectivity index (χ0) is 15.6. The molecule has 1 aromatic heterocycles. The smallest absolute Gasteiger partial charge is 0.338 e. The molecule has 0 spiro atoms. The predicted octanol–water partition coefficient (Wildman–Crippen LogP) is 2.57. The lowest BCUT2D eigenvalue weighted by Gasteiger charge is -2.07. The Bertz CT molecular complexity index is 706. The molecule has 7 heteroatoms. The van der Waals surface area contributed by atoms with Gasteiger partial charge < -0.3 is 4.74 Å². The topological polar surface area (TPSA) is 87.3 Å². The highest BCUT2D eigenvalue weighted by atomic mass is 16.6. The third-order valence-electron chi connectivity index (χ3n) is 2.92. The molecule has 0 fully saturated rings. The predicted molar refractivity (Wildman–Crippen MR) is 75.6 cm³/mol. The molecule has 1 aromatic carbocycles. The van der Waals surface area contributed by atoms with Gasteiger partial charge in [-0.05, 0) is 39.0 Å². The van der Waals surface area contributed by atoms with Crippen LogP contribution in [0.3, 0.4) is 0 Å². The molecule has 21 heavy (non-hydrogen) atoms. The maximum Gasteiger partial charge on any atom is 0.338 e. The number of benzene rings is 1. The van der Waals surface area contributed by atoms with Crippen molar-refractivity contribution in [3.8, 4) is 5.69 Å². The van der Waals surface area contributed by atoms with Gasteiger partial charge >= 0.3 is 5.97 Å². The van der Waals surface area contributed by atoms with Crippen molar-refractivity contribution < 1.29 is 14.5 Å². The molecule has 0 amide bonds. The van der Waals surface area contributed by atoms with Crippen LogP contribution in [-0.2, 0) is 4.74 Å². The second-order valence-corrected chi connectivity index (χ2v) is 4.52. The average molecular weight is 289 g/mol. The van der Waals surface area contributed by atoms with E-state index in [-0.39, 0.29) is 17.9 Å². The standard InChI is InChI=1S/C14H15N3O4/c1-4-21-14(18)11-5-6-12(13(8-11)17(19)20)16-10(3)7-9(2)15-16/h5-8H,4H2,1-3H3. The normalized spacial score (nSPS) is 10.4. The van der Waals surface area contributed by atoms with Crippen LogP contribution < -0.4 is 0 Å². The third kappa shape index (κ3) is 2.91. The van der Waals surface area contributed by atoms with Gasteiger partial charge in [-0.3, -0.25) is 10.1 Å². The monoisotopic (exact) mass is 289 g/mol. The van der Waals surface area contributed by atoms with Crippen molar-refractivity contribution in [1.82, 2.24) is 9.78 Å². The first-order valence-electron chi connectivity index (χ1n) is 6.43. The van der Waals surface area contributed by atoms with E-state index in [2.05, 4.69) is 5.10 Å². The molecule has 110 valence electrons. The molecule has 0 N–H and O–H groups in total. The van der Waals surface area contributed by atoms with Crippen LogP contribution in [0, 0.1) is 24.0 Å². The van der Waals surface area contributed by atoms with Gasteiger partial charge in [0, 0.05) is 11.8 Å². The Morgan fingerprint density at radius 3 is 2.62 bits per heavy atom. The van der Waals surface area contributed by atoms with E-state index in [1.165, 1.54) is 22.9 Å². The number of hydrogen-bond acceptors (Lipinski definition) is 5. The molecule has 0 bridgehead atoms. The second kappa shape index (κ2) is 5.74. The van der Waals surface area contributed by atoms with Crippen molar-refractivity contribution in [2.45, 2.75) is 20.8 Å². The molecular weight excluding hydrogens is 274 g/mol. The summed E-state index contributed by atoms with van der Waals surface area (Å²) in [6.45, 7) is 5.51. The molecule has 0 radical (unpaired) electrons. The lowest BCUT2D eigenvalue weighted by molar-refractivity contribution is -0.384. The number of ether oxygens (including phenoxy) is 1. The van der Waals surface area contributed by atoms with Crippen LogP contribution in [0.25, 0.3) is 5.69 Å². The quantitative estimate of drug-likeness (QED) is 0.490. The van der Waals surface area contributed by atoms with E-state index in [0.717, 1.165) is 11.4 Å². The van der Waals surface area contributed by atoms with E-state index in [9.17, 15) is 14.9 Å². The van der Waals surface area contributed by atoms with E-state index in [1.807, 2.05) is 19.9 Å². The van der Waals surface area contributed by atoms with Crippen LogP contribution in [0.4, 0.5) is 5.69 Å².